The molecule has 0 atom stereocenters. The van der Waals surface area contributed by atoms with Crippen LogP contribution in [0.4, 0.5) is 5.82 Å². The van der Waals surface area contributed by atoms with E-state index in [0.29, 0.717) is 6.04 Å². The van der Waals surface area contributed by atoms with Gasteiger partial charge < -0.3 is 16.0 Å². The lowest BCUT2D eigenvalue weighted by Crippen LogP contribution is -2.37. The van der Waals surface area contributed by atoms with Crippen LogP contribution in [-0.2, 0) is 0 Å². The van der Waals surface area contributed by atoms with E-state index in [1.54, 1.807) is 6.07 Å². The van der Waals surface area contributed by atoms with Gasteiger partial charge in [0.2, 0.25) is 0 Å². The van der Waals surface area contributed by atoms with Crippen LogP contribution in [0.5, 0.6) is 0 Å². The Morgan fingerprint density at radius 1 is 1.25 bits per heavy atom. The van der Waals surface area contributed by atoms with Gasteiger partial charge in [-0.15, -0.1) is 10.2 Å². The number of hydrogen-bond donors (Lipinski definition) is 2. The van der Waals surface area contributed by atoms with Gasteiger partial charge in [-0.1, -0.05) is 0 Å². The van der Waals surface area contributed by atoms with E-state index in [0.717, 1.165) is 31.4 Å². The summed E-state index contributed by atoms with van der Waals surface area (Å²) in [5.74, 6) is 1.06. The molecule has 1 saturated heterocycles. The molecule has 0 aromatic carbocycles. The fourth-order valence-electron chi connectivity index (χ4n) is 2.77. The van der Waals surface area contributed by atoms with Crippen molar-refractivity contribution in [2.24, 2.45) is 11.7 Å². The lowest BCUT2D eigenvalue weighted by atomic mass is 9.97. The van der Waals surface area contributed by atoms with Crippen molar-refractivity contribution in [2.75, 3.05) is 24.5 Å². The topological polar surface area (TPSA) is 84.1 Å². The normalized spacial score (nSPS) is 19.8. The third-order valence-corrected chi connectivity index (χ3v) is 4.10. The Morgan fingerprint density at radius 3 is 2.55 bits per heavy atom. The fraction of sp³-hybridized carbons (Fsp3) is 0.643. The number of rotatable bonds is 5. The monoisotopic (exact) mass is 275 g/mol. The number of carbonyl (C=O) groups is 1. The van der Waals surface area contributed by atoms with E-state index >= 15 is 0 Å². The number of anilines is 1. The minimum Gasteiger partial charge on any atom is -0.364 e. The summed E-state index contributed by atoms with van der Waals surface area (Å²) >= 11 is 0. The number of nitrogens with zero attached hydrogens (tertiary/aromatic N) is 3. The number of nitrogens with one attached hydrogen (secondary N) is 1. The molecule has 1 saturated carbocycles. The predicted octanol–water partition coefficient (Wildman–Crippen LogP) is 0.544. The summed E-state index contributed by atoms with van der Waals surface area (Å²) in [4.78, 5) is 13.4. The van der Waals surface area contributed by atoms with Crippen molar-refractivity contribution >= 4 is 11.7 Å². The fourth-order valence-corrected chi connectivity index (χ4v) is 2.77. The van der Waals surface area contributed by atoms with Crippen molar-refractivity contribution in [3.05, 3.63) is 17.8 Å². The molecule has 6 heteroatoms. The second kappa shape index (κ2) is 5.75. The molecule has 6 nitrogen and oxygen atoms in total. The van der Waals surface area contributed by atoms with Gasteiger partial charge in [-0.05, 0) is 56.8 Å². The Morgan fingerprint density at radius 2 is 2.00 bits per heavy atom. The molecule has 1 aromatic heterocycles. The van der Waals surface area contributed by atoms with Crippen molar-refractivity contribution in [1.29, 1.82) is 0 Å². The molecule has 2 fully saturated rings. The van der Waals surface area contributed by atoms with E-state index in [9.17, 15) is 4.79 Å². The molecule has 20 heavy (non-hydrogen) atoms. The molecule has 1 aliphatic carbocycles. The molecular formula is C14H21N5O. The molecule has 0 spiro atoms. The molecule has 1 aromatic rings. The van der Waals surface area contributed by atoms with E-state index in [1.165, 1.54) is 25.7 Å². The van der Waals surface area contributed by atoms with Gasteiger partial charge in [-0.25, -0.2) is 0 Å². The van der Waals surface area contributed by atoms with Crippen molar-refractivity contribution in [2.45, 2.75) is 31.7 Å². The third kappa shape index (κ3) is 3.07. The maximum atomic E-state index is 11.0. The second-order valence-corrected chi connectivity index (χ2v) is 5.72. The SMILES string of the molecule is NC(=O)c1ccc(N(CC2CCNCC2)C2CC2)nn1. The highest BCUT2D eigenvalue weighted by Gasteiger charge is 2.32. The highest BCUT2D eigenvalue weighted by Crippen LogP contribution is 2.32. The zero-order valence-electron chi connectivity index (χ0n) is 11.6. The number of amides is 1. The van der Waals surface area contributed by atoms with Gasteiger partial charge in [0.25, 0.3) is 5.91 Å². The van der Waals surface area contributed by atoms with Crippen molar-refractivity contribution in [1.82, 2.24) is 15.5 Å². The van der Waals surface area contributed by atoms with Crippen LogP contribution in [0.2, 0.25) is 0 Å². The van der Waals surface area contributed by atoms with Crippen LogP contribution in [0.1, 0.15) is 36.2 Å². The van der Waals surface area contributed by atoms with Crippen molar-refractivity contribution < 1.29 is 4.79 Å². The molecule has 0 unspecified atom stereocenters. The molecule has 3 rings (SSSR count). The molecule has 0 bridgehead atoms. The minimum atomic E-state index is -0.527. The summed E-state index contributed by atoms with van der Waals surface area (Å²) in [6.07, 6.45) is 4.89. The van der Waals surface area contributed by atoms with Crippen LogP contribution in [-0.4, -0.2) is 41.8 Å². The molecule has 3 N–H and O–H groups in total. The van der Waals surface area contributed by atoms with Crippen LogP contribution < -0.4 is 16.0 Å². The van der Waals surface area contributed by atoms with E-state index in [1.807, 2.05) is 6.07 Å². The smallest absolute Gasteiger partial charge is 0.269 e. The van der Waals surface area contributed by atoms with E-state index in [4.69, 9.17) is 5.73 Å². The van der Waals surface area contributed by atoms with Crippen LogP contribution in [0.3, 0.4) is 0 Å². The van der Waals surface area contributed by atoms with Crippen LogP contribution in [0.15, 0.2) is 12.1 Å². The van der Waals surface area contributed by atoms with Crippen molar-refractivity contribution in [3.63, 3.8) is 0 Å². The Balaban J connectivity index is 1.71. The molecular weight excluding hydrogens is 254 g/mol. The van der Waals surface area contributed by atoms with E-state index in [-0.39, 0.29) is 5.69 Å². The first-order valence-corrected chi connectivity index (χ1v) is 7.35. The summed E-state index contributed by atoms with van der Waals surface area (Å²) in [6, 6.07) is 4.13. The van der Waals surface area contributed by atoms with Crippen LogP contribution in [0, 0.1) is 5.92 Å². The maximum absolute atomic E-state index is 11.0. The van der Waals surface area contributed by atoms with Gasteiger partial charge in [0.15, 0.2) is 11.5 Å². The average molecular weight is 275 g/mol. The lowest BCUT2D eigenvalue weighted by Gasteiger charge is -2.30. The van der Waals surface area contributed by atoms with Gasteiger partial charge >= 0.3 is 0 Å². The van der Waals surface area contributed by atoms with E-state index in [2.05, 4.69) is 20.4 Å². The number of aromatic nitrogens is 2. The Hall–Kier alpha value is -1.69. The molecule has 2 aliphatic rings. The average Bonchev–Trinajstić information content (AvgIpc) is 3.30. The standard InChI is InChI=1S/C14H21N5O/c15-14(20)12-3-4-13(18-17-12)19(11-1-2-11)9-10-5-7-16-8-6-10/h3-4,10-11,16H,1-2,5-9H2,(H2,15,20). The molecule has 1 amide bonds. The van der Waals surface area contributed by atoms with Gasteiger partial charge in [-0.3, -0.25) is 4.79 Å². The molecule has 108 valence electrons. The van der Waals surface area contributed by atoms with Gasteiger partial charge in [0.05, 0.1) is 0 Å². The summed E-state index contributed by atoms with van der Waals surface area (Å²) in [6.45, 7) is 3.25. The summed E-state index contributed by atoms with van der Waals surface area (Å²) in [7, 11) is 0. The number of primary amides is 1. The Kier molecular flexibility index (Phi) is 3.82. The summed E-state index contributed by atoms with van der Waals surface area (Å²) in [5.41, 5.74) is 5.43. The predicted molar refractivity (Wildman–Crippen MR) is 76.5 cm³/mol. The maximum Gasteiger partial charge on any atom is 0.269 e. The highest BCUT2D eigenvalue weighted by molar-refractivity contribution is 5.90. The first-order chi connectivity index (χ1) is 9.74. The highest BCUT2D eigenvalue weighted by atomic mass is 16.1. The Labute approximate surface area is 118 Å². The first kappa shape index (κ1) is 13.3. The largest absolute Gasteiger partial charge is 0.364 e. The molecule has 2 heterocycles. The van der Waals surface area contributed by atoms with Gasteiger partial charge in [0.1, 0.15) is 0 Å². The van der Waals surface area contributed by atoms with Gasteiger partial charge in [0, 0.05) is 12.6 Å². The Bertz CT molecular complexity index is 465. The number of nitrogens with two attached hydrogens (primary N) is 1. The number of piperidine rings is 1. The zero-order valence-corrected chi connectivity index (χ0v) is 11.6. The quantitative estimate of drug-likeness (QED) is 0.819. The number of hydrogen-bond acceptors (Lipinski definition) is 5. The van der Waals surface area contributed by atoms with Crippen LogP contribution >= 0.6 is 0 Å². The molecule has 1 aliphatic heterocycles. The lowest BCUT2D eigenvalue weighted by molar-refractivity contribution is 0.0994. The minimum absolute atomic E-state index is 0.228. The number of carbonyl (C=O) groups excluding carboxylic acids is 1. The van der Waals surface area contributed by atoms with E-state index < -0.39 is 5.91 Å². The summed E-state index contributed by atoms with van der Waals surface area (Å²) < 4.78 is 0. The first-order valence-electron chi connectivity index (χ1n) is 7.35. The van der Waals surface area contributed by atoms with Gasteiger partial charge in [-0.2, -0.15) is 0 Å². The van der Waals surface area contributed by atoms with Crippen LogP contribution in [0.25, 0.3) is 0 Å². The van der Waals surface area contributed by atoms with Crippen molar-refractivity contribution in [3.8, 4) is 0 Å². The summed E-state index contributed by atoms with van der Waals surface area (Å²) in [5, 5.41) is 11.5. The third-order valence-electron chi connectivity index (χ3n) is 4.10. The zero-order chi connectivity index (χ0) is 13.9. The second-order valence-electron chi connectivity index (χ2n) is 5.72. The molecule has 0 radical (unpaired) electrons.